The molecule has 112 valence electrons. The van der Waals surface area contributed by atoms with Gasteiger partial charge in [0.2, 0.25) is 0 Å². The highest BCUT2D eigenvalue weighted by Gasteiger charge is 2.22. The molecule has 2 heterocycles. The fourth-order valence-electron chi connectivity index (χ4n) is 3.84. The Bertz CT molecular complexity index is 1040. The van der Waals surface area contributed by atoms with Crippen LogP contribution >= 0.6 is 0 Å². The summed E-state index contributed by atoms with van der Waals surface area (Å²) in [6.07, 6.45) is 5.40. The van der Waals surface area contributed by atoms with Crippen molar-refractivity contribution in [1.29, 1.82) is 0 Å². The zero-order valence-corrected chi connectivity index (χ0v) is 13.1. The van der Waals surface area contributed by atoms with Crippen LogP contribution in [0, 0.1) is 6.92 Å². The molecule has 0 saturated heterocycles. The first kappa shape index (κ1) is 12.8. The van der Waals surface area contributed by atoms with Gasteiger partial charge in [0.1, 0.15) is 0 Å². The van der Waals surface area contributed by atoms with E-state index >= 15 is 0 Å². The molecule has 1 aliphatic carbocycles. The average Bonchev–Trinajstić information content (AvgIpc) is 3.23. The molecule has 2 aromatic carbocycles. The minimum atomic E-state index is 1.08. The summed E-state index contributed by atoms with van der Waals surface area (Å²) in [6, 6.07) is 12.9. The van der Waals surface area contributed by atoms with Crippen LogP contribution in [0.1, 0.15) is 23.1 Å². The molecule has 0 bridgehead atoms. The van der Waals surface area contributed by atoms with Crippen molar-refractivity contribution in [3.63, 3.8) is 0 Å². The van der Waals surface area contributed by atoms with Gasteiger partial charge in [-0.2, -0.15) is 5.10 Å². The Hall–Kier alpha value is -2.68. The third kappa shape index (κ3) is 1.83. The molecule has 0 radical (unpaired) electrons. The largest absolute Gasteiger partial charge is 0.278 e. The van der Waals surface area contributed by atoms with E-state index in [1.165, 1.54) is 39.4 Å². The van der Waals surface area contributed by atoms with Crippen LogP contribution < -0.4 is 0 Å². The Labute approximate surface area is 134 Å². The van der Waals surface area contributed by atoms with Gasteiger partial charge in [-0.3, -0.25) is 5.10 Å². The number of fused-ring (bicyclic) bond motifs is 5. The Kier molecular flexibility index (Phi) is 2.60. The van der Waals surface area contributed by atoms with Crippen LogP contribution in [-0.4, -0.2) is 15.2 Å². The predicted octanol–water partition coefficient (Wildman–Crippen LogP) is 4.58. The predicted molar refractivity (Wildman–Crippen MR) is 93.6 cm³/mol. The van der Waals surface area contributed by atoms with Gasteiger partial charge in [-0.25, -0.2) is 4.98 Å². The molecular formula is C20H17N3. The molecular weight excluding hydrogens is 282 g/mol. The zero-order chi connectivity index (χ0) is 15.4. The maximum Gasteiger partial charge on any atom is 0.0744 e. The number of aryl methyl sites for hydroxylation is 2. The third-order valence-electron chi connectivity index (χ3n) is 4.96. The summed E-state index contributed by atoms with van der Waals surface area (Å²) in [7, 11) is 0. The first-order valence-electron chi connectivity index (χ1n) is 8.16. The zero-order valence-electron chi connectivity index (χ0n) is 13.1. The van der Waals surface area contributed by atoms with E-state index in [1.807, 2.05) is 6.20 Å². The highest BCUT2D eigenvalue weighted by molar-refractivity contribution is 6.07. The Balaban J connectivity index is 1.88. The van der Waals surface area contributed by atoms with E-state index in [-0.39, 0.29) is 0 Å². The van der Waals surface area contributed by atoms with Crippen molar-refractivity contribution < 1.29 is 0 Å². The SMILES string of the molecule is Cc1ccc(-c2nc3ccc4[nH]ncc4c3c3c2CCC3)cc1. The van der Waals surface area contributed by atoms with E-state index in [1.54, 1.807) is 0 Å². The molecule has 2 aromatic heterocycles. The number of nitrogens with zero attached hydrogens (tertiary/aromatic N) is 2. The first-order valence-corrected chi connectivity index (χ1v) is 8.16. The molecule has 5 rings (SSSR count). The van der Waals surface area contributed by atoms with Gasteiger partial charge >= 0.3 is 0 Å². The maximum absolute atomic E-state index is 5.03. The number of pyridine rings is 1. The summed E-state index contributed by atoms with van der Waals surface area (Å²) in [6.45, 7) is 2.12. The highest BCUT2D eigenvalue weighted by atomic mass is 15.1. The van der Waals surface area contributed by atoms with Crippen LogP contribution in [0.2, 0.25) is 0 Å². The smallest absolute Gasteiger partial charge is 0.0744 e. The summed E-state index contributed by atoms with van der Waals surface area (Å²) >= 11 is 0. The Morgan fingerprint density at radius 2 is 1.78 bits per heavy atom. The second kappa shape index (κ2) is 4.66. The minimum Gasteiger partial charge on any atom is -0.278 e. The lowest BCUT2D eigenvalue weighted by molar-refractivity contribution is 0.913. The standard InChI is InChI=1S/C20H17N3/c1-12-5-7-13(8-6-12)20-15-4-2-3-14(15)19-16-11-21-23-17(16)9-10-18(19)22-20/h5-11H,2-4H2,1H3,(H,21,23). The summed E-state index contributed by atoms with van der Waals surface area (Å²) < 4.78 is 0. The van der Waals surface area contributed by atoms with Crippen molar-refractivity contribution >= 4 is 21.8 Å². The third-order valence-corrected chi connectivity index (χ3v) is 4.96. The average molecular weight is 299 g/mol. The molecule has 23 heavy (non-hydrogen) atoms. The van der Waals surface area contributed by atoms with Crippen molar-refractivity contribution in [3.05, 3.63) is 59.3 Å². The number of aromatic nitrogens is 3. The van der Waals surface area contributed by atoms with Gasteiger partial charge < -0.3 is 0 Å². The maximum atomic E-state index is 5.03. The number of hydrogen-bond acceptors (Lipinski definition) is 2. The molecule has 3 heteroatoms. The second-order valence-electron chi connectivity index (χ2n) is 6.43. The van der Waals surface area contributed by atoms with Gasteiger partial charge in [-0.1, -0.05) is 29.8 Å². The Morgan fingerprint density at radius 1 is 0.957 bits per heavy atom. The van der Waals surface area contributed by atoms with E-state index in [4.69, 9.17) is 4.98 Å². The molecule has 0 fully saturated rings. The second-order valence-corrected chi connectivity index (χ2v) is 6.43. The lowest BCUT2D eigenvalue weighted by Gasteiger charge is -2.12. The first-order chi connectivity index (χ1) is 11.3. The van der Waals surface area contributed by atoms with Gasteiger partial charge in [0.25, 0.3) is 0 Å². The van der Waals surface area contributed by atoms with Crippen LogP contribution in [0.5, 0.6) is 0 Å². The number of rotatable bonds is 1. The van der Waals surface area contributed by atoms with Crippen LogP contribution in [0.25, 0.3) is 33.1 Å². The van der Waals surface area contributed by atoms with E-state index in [9.17, 15) is 0 Å². The lowest BCUT2D eigenvalue weighted by Crippen LogP contribution is -1.96. The molecule has 0 unspecified atom stereocenters. The topological polar surface area (TPSA) is 41.6 Å². The van der Waals surface area contributed by atoms with Crippen molar-refractivity contribution in [1.82, 2.24) is 15.2 Å². The van der Waals surface area contributed by atoms with Gasteiger partial charge in [0.05, 0.1) is 22.9 Å². The van der Waals surface area contributed by atoms with E-state index in [0.717, 1.165) is 29.6 Å². The highest BCUT2D eigenvalue weighted by Crippen LogP contribution is 2.38. The number of benzene rings is 2. The fraction of sp³-hybridized carbons (Fsp3) is 0.200. The van der Waals surface area contributed by atoms with Gasteiger partial charge in [-0.15, -0.1) is 0 Å². The fourth-order valence-corrected chi connectivity index (χ4v) is 3.84. The number of nitrogens with one attached hydrogen (secondary N) is 1. The van der Waals surface area contributed by atoms with Crippen LogP contribution in [0.3, 0.4) is 0 Å². The summed E-state index contributed by atoms with van der Waals surface area (Å²) in [5.74, 6) is 0. The van der Waals surface area contributed by atoms with E-state index in [2.05, 4.69) is 53.5 Å². The van der Waals surface area contributed by atoms with Crippen molar-refractivity contribution in [2.45, 2.75) is 26.2 Å². The van der Waals surface area contributed by atoms with Crippen molar-refractivity contribution in [2.75, 3.05) is 0 Å². The van der Waals surface area contributed by atoms with Gasteiger partial charge in [-0.05, 0) is 49.4 Å². The van der Waals surface area contributed by atoms with Crippen molar-refractivity contribution in [2.24, 2.45) is 0 Å². The molecule has 0 saturated carbocycles. The monoisotopic (exact) mass is 299 g/mol. The molecule has 0 aliphatic heterocycles. The number of aromatic amines is 1. The van der Waals surface area contributed by atoms with E-state index in [0.29, 0.717) is 0 Å². The quantitative estimate of drug-likeness (QED) is 0.559. The minimum absolute atomic E-state index is 1.08. The normalized spacial score (nSPS) is 13.8. The van der Waals surface area contributed by atoms with Crippen LogP contribution in [0.4, 0.5) is 0 Å². The molecule has 0 amide bonds. The Morgan fingerprint density at radius 3 is 2.65 bits per heavy atom. The summed E-state index contributed by atoms with van der Waals surface area (Å²) in [4.78, 5) is 5.03. The molecule has 4 aromatic rings. The molecule has 0 spiro atoms. The molecule has 0 atom stereocenters. The summed E-state index contributed by atoms with van der Waals surface area (Å²) in [5.41, 5.74) is 8.74. The van der Waals surface area contributed by atoms with Crippen LogP contribution in [-0.2, 0) is 12.8 Å². The summed E-state index contributed by atoms with van der Waals surface area (Å²) in [5, 5.41) is 9.78. The van der Waals surface area contributed by atoms with Gasteiger partial charge in [0.15, 0.2) is 0 Å². The molecule has 1 N–H and O–H groups in total. The number of H-pyrrole nitrogens is 1. The molecule has 1 aliphatic rings. The van der Waals surface area contributed by atoms with Crippen LogP contribution in [0.15, 0.2) is 42.6 Å². The van der Waals surface area contributed by atoms with E-state index < -0.39 is 0 Å². The van der Waals surface area contributed by atoms with Crippen molar-refractivity contribution in [3.8, 4) is 11.3 Å². The number of hydrogen-bond donors (Lipinski definition) is 1. The van der Waals surface area contributed by atoms with Gasteiger partial charge in [0, 0.05) is 16.3 Å². The lowest BCUT2D eigenvalue weighted by atomic mass is 9.97. The molecule has 3 nitrogen and oxygen atoms in total.